The number of hydrogen-bond donors (Lipinski definition) is 0. The van der Waals surface area contributed by atoms with Gasteiger partial charge in [0.2, 0.25) is 0 Å². The van der Waals surface area contributed by atoms with Gasteiger partial charge in [0.05, 0.1) is 12.0 Å². The summed E-state index contributed by atoms with van der Waals surface area (Å²) in [4.78, 5) is 43.1. The molecular weight excluding hydrogens is 761 g/mol. The summed E-state index contributed by atoms with van der Waals surface area (Å²) in [5.74, 6) is 6.28. The Hall–Kier alpha value is -5.87. The van der Waals surface area contributed by atoms with Crippen LogP contribution in [0.15, 0.2) is 105 Å². The van der Waals surface area contributed by atoms with Crippen molar-refractivity contribution in [2.75, 3.05) is 0 Å². The summed E-state index contributed by atoms with van der Waals surface area (Å²) >= 11 is 0. The first-order valence-corrected chi connectivity index (χ1v) is 21.9. The smallest absolute Gasteiger partial charge is 0.340 e. The maximum Gasteiger partial charge on any atom is 0.340 e. The van der Waals surface area contributed by atoms with Crippen molar-refractivity contribution in [1.82, 2.24) is 0 Å². The molecule has 0 radical (unpaired) electrons. The zero-order chi connectivity index (χ0) is 42.5. The van der Waals surface area contributed by atoms with Crippen molar-refractivity contribution >= 4 is 22.9 Å². The van der Waals surface area contributed by atoms with Gasteiger partial charge in [-0.15, -0.1) is 0 Å². The van der Waals surface area contributed by atoms with Gasteiger partial charge in [0.25, 0.3) is 0 Å². The predicted octanol–water partition coefficient (Wildman–Crippen LogP) is 10.4. The van der Waals surface area contributed by atoms with E-state index in [-0.39, 0.29) is 24.2 Å². The summed E-state index contributed by atoms with van der Waals surface area (Å²) in [6, 6.07) is 29.6. The van der Waals surface area contributed by atoms with Gasteiger partial charge < -0.3 is 18.6 Å². The molecule has 7 nitrogen and oxygen atoms in total. The highest BCUT2D eigenvalue weighted by Gasteiger charge is 2.53. The second-order valence-electron chi connectivity index (χ2n) is 18.7. The minimum absolute atomic E-state index is 0.0707. The van der Waals surface area contributed by atoms with Gasteiger partial charge in [-0.25, -0.2) is 9.59 Å². The van der Waals surface area contributed by atoms with Crippen LogP contribution in [-0.2, 0) is 63.0 Å². The highest BCUT2D eigenvalue weighted by atomic mass is 16.6. The summed E-state index contributed by atoms with van der Waals surface area (Å²) in [5.41, 5.74) is 8.93. The number of hydrogen-bond acceptors (Lipinski definition) is 7. The highest BCUT2D eigenvalue weighted by molar-refractivity contribution is 5.90. The molecule has 0 saturated heterocycles. The van der Waals surface area contributed by atoms with Gasteiger partial charge in [-0.05, 0) is 135 Å². The van der Waals surface area contributed by atoms with Crippen LogP contribution in [0.3, 0.4) is 0 Å². The fourth-order valence-corrected chi connectivity index (χ4v) is 10.1. The molecule has 5 bridgehead atoms. The van der Waals surface area contributed by atoms with E-state index < -0.39 is 35.4 Å². The molecule has 0 N–H and O–H groups in total. The average molecular weight is 815 g/mol. The van der Waals surface area contributed by atoms with Crippen molar-refractivity contribution in [2.24, 2.45) is 5.92 Å². The van der Waals surface area contributed by atoms with Crippen LogP contribution in [0.5, 0.6) is 5.75 Å². The molecule has 4 aliphatic rings. The molecule has 61 heavy (non-hydrogen) atoms. The van der Waals surface area contributed by atoms with Crippen LogP contribution in [0.2, 0.25) is 0 Å². The second-order valence-corrected chi connectivity index (χ2v) is 18.7. The standard InChI is InChI=1S/C54H54O7/c1-33(2)41-22-20-36-19-21-40-31-38(18-17-35-14-11-15-37(29-35)28-34-12-7-6-8-13-34)32-45(55)58-49-46-44(24-23-43-42-25-27-53(3,4)47(42)52(57)59-48(43)46)61-54(5,50(49)60-51(41)56)26-10-9-16-39(40)30-36/h6-8,11-15,19,21,23-24,29-30,38,49-50H,16-18,20,22,25-28,31-32H2,1-5H3/t38-,49+,50-,54-/m0/s1. The Kier molecular flexibility index (Phi) is 10.8. The summed E-state index contributed by atoms with van der Waals surface area (Å²) < 4.78 is 26.4. The van der Waals surface area contributed by atoms with Crippen LogP contribution < -0.4 is 10.4 Å². The van der Waals surface area contributed by atoms with E-state index in [1.807, 2.05) is 39.0 Å². The van der Waals surface area contributed by atoms with Gasteiger partial charge in [0.1, 0.15) is 11.3 Å². The van der Waals surface area contributed by atoms with Gasteiger partial charge >= 0.3 is 17.6 Å². The van der Waals surface area contributed by atoms with Gasteiger partial charge in [-0.2, -0.15) is 0 Å². The number of esters is 2. The second kappa shape index (κ2) is 16.2. The minimum atomic E-state index is -1.22. The third-order valence-corrected chi connectivity index (χ3v) is 13.5. The van der Waals surface area contributed by atoms with E-state index in [1.54, 1.807) is 0 Å². The lowest BCUT2D eigenvalue weighted by molar-refractivity contribution is -0.190. The Labute approximate surface area is 358 Å². The third-order valence-electron chi connectivity index (χ3n) is 13.5. The lowest BCUT2D eigenvalue weighted by atomic mass is 9.82. The molecule has 4 heterocycles. The van der Waals surface area contributed by atoms with Crippen LogP contribution >= 0.6 is 0 Å². The Morgan fingerprint density at radius 1 is 0.787 bits per heavy atom. The van der Waals surface area contributed by atoms with E-state index in [0.29, 0.717) is 60.1 Å². The number of rotatable bonds is 5. The molecule has 4 atom stereocenters. The first kappa shape index (κ1) is 40.5. The fourth-order valence-electron chi connectivity index (χ4n) is 10.1. The van der Waals surface area contributed by atoms with E-state index in [0.717, 1.165) is 58.9 Å². The molecule has 4 aromatic carbocycles. The summed E-state index contributed by atoms with van der Waals surface area (Å²) in [6.45, 7) is 9.85. The largest absolute Gasteiger partial charge is 0.482 e. The predicted molar refractivity (Wildman–Crippen MR) is 237 cm³/mol. The lowest BCUT2D eigenvalue weighted by Crippen LogP contribution is -2.54. The Balaban J connectivity index is 1.16. The summed E-state index contributed by atoms with van der Waals surface area (Å²) in [6.07, 6.45) is 4.34. The van der Waals surface area contributed by atoms with Gasteiger partial charge in [0, 0.05) is 29.4 Å². The number of fused-ring (bicyclic) bond motifs is 9. The van der Waals surface area contributed by atoms with Crippen molar-refractivity contribution in [3.8, 4) is 17.6 Å². The van der Waals surface area contributed by atoms with Crippen LogP contribution in [0.25, 0.3) is 11.0 Å². The fraction of sp³-hybridized carbons (Fsp3) is 0.389. The van der Waals surface area contributed by atoms with Crippen LogP contribution in [-0.4, -0.2) is 23.6 Å². The molecule has 0 saturated carbocycles. The normalized spacial score (nSPS) is 23.0. The molecule has 0 fully saturated rings. The molecule has 1 aromatic heterocycles. The van der Waals surface area contributed by atoms with E-state index in [1.165, 1.54) is 16.7 Å². The van der Waals surface area contributed by atoms with Crippen LogP contribution in [0.1, 0.15) is 123 Å². The molecule has 0 amide bonds. The average Bonchev–Trinajstić information content (AvgIpc) is 3.55. The van der Waals surface area contributed by atoms with Crippen molar-refractivity contribution in [2.45, 2.75) is 128 Å². The number of carbonyl (C=O) groups is 2. The van der Waals surface area contributed by atoms with Gasteiger partial charge in [-0.1, -0.05) is 104 Å². The number of ether oxygens (including phenoxy) is 3. The lowest BCUT2D eigenvalue weighted by Gasteiger charge is -2.44. The quantitative estimate of drug-likeness (QED) is 0.0755. The van der Waals surface area contributed by atoms with Gasteiger partial charge in [-0.3, -0.25) is 4.79 Å². The first-order valence-electron chi connectivity index (χ1n) is 21.9. The zero-order valence-electron chi connectivity index (χ0n) is 36.0. The topological polar surface area (TPSA) is 92.0 Å². The number of allylic oxidation sites excluding steroid dienone is 1. The van der Waals surface area contributed by atoms with E-state index in [9.17, 15) is 14.4 Å². The summed E-state index contributed by atoms with van der Waals surface area (Å²) in [7, 11) is 0. The Bertz CT molecular complexity index is 2700. The zero-order valence-corrected chi connectivity index (χ0v) is 36.0. The molecular formula is C54H54O7. The highest BCUT2D eigenvalue weighted by Crippen LogP contribution is 2.50. The summed E-state index contributed by atoms with van der Waals surface area (Å²) in [5, 5.41) is 0.779. The van der Waals surface area contributed by atoms with Crippen molar-refractivity contribution in [3.05, 3.63) is 157 Å². The Morgan fingerprint density at radius 2 is 1.59 bits per heavy atom. The Morgan fingerprint density at radius 3 is 2.41 bits per heavy atom. The van der Waals surface area contributed by atoms with Crippen molar-refractivity contribution in [3.63, 3.8) is 0 Å². The number of benzene rings is 4. The SMILES string of the molecule is CC(C)=C1CCc2ccc3c(c2)CC#CC[C@]2(C)Oc4ccc5c6c(c(=O)oc5c4[C@@H](OC(=O)C[C@@H](CCc4cccc(Cc5ccccc5)c4)C3)[C@@H]2OC1=O)C(C)(C)CC6. The third kappa shape index (κ3) is 8.06. The van der Waals surface area contributed by atoms with Crippen LogP contribution in [0.4, 0.5) is 0 Å². The van der Waals surface area contributed by atoms with E-state index >= 15 is 0 Å². The molecule has 3 aliphatic heterocycles. The minimum Gasteiger partial charge on any atom is -0.482 e. The molecule has 0 spiro atoms. The number of carbonyl (C=O) groups excluding carboxylic acids is 2. The molecule has 7 heteroatoms. The van der Waals surface area contributed by atoms with Crippen LogP contribution in [0, 0.1) is 17.8 Å². The number of aryl methyl sites for hydroxylation is 3. The van der Waals surface area contributed by atoms with E-state index in [4.69, 9.17) is 18.6 Å². The first-order chi connectivity index (χ1) is 29.3. The molecule has 5 aromatic rings. The van der Waals surface area contributed by atoms with Gasteiger partial charge in [0.15, 0.2) is 17.8 Å². The van der Waals surface area contributed by atoms with E-state index in [2.05, 4.69) is 92.4 Å². The molecule has 1 aliphatic carbocycles. The maximum atomic E-state index is 14.7. The monoisotopic (exact) mass is 814 g/mol. The molecule has 312 valence electrons. The molecule has 9 rings (SSSR count). The van der Waals surface area contributed by atoms with Crippen molar-refractivity contribution in [1.29, 1.82) is 0 Å². The maximum absolute atomic E-state index is 14.7. The van der Waals surface area contributed by atoms with Crippen molar-refractivity contribution < 1.29 is 28.2 Å². The molecule has 0 unspecified atom stereocenters.